The van der Waals surface area contributed by atoms with Crippen molar-refractivity contribution in [3.63, 3.8) is 0 Å². The Morgan fingerprint density at radius 3 is 2.58 bits per heavy atom. The molecule has 0 radical (unpaired) electrons. The third-order valence-corrected chi connectivity index (χ3v) is 6.12. The molecule has 1 aromatic carbocycles. The van der Waals surface area contributed by atoms with Gasteiger partial charge in [0.25, 0.3) is 0 Å². The minimum atomic E-state index is -1.40. The predicted molar refractivity (Wildman–Crippen MR) is 114 cm³/mol. The van der Waals surface area contributed by atoms with Crippen LogP contribution in [0.5, 0.6) is 0 Å². The van der Waals surface area contributed by atoms with E-state index in [0.29, 0.717) is 19.3 Å². The number of aliphatic hydroxyl groups excluding tert-OH is 1. The number of alkyl carbamates (subject to hydrolysis) is 1. The maximum Gasteiger partial charge on any atom is 0.408 e. The summed E-state index contributed by atoms with van der Waals surface area (Å²) in [6.07, 6.45) is 3.50. The first-order valence-electron chi connectivity index (χ1n) is 11.0. The van der Waals surface area contributed by atoms with Crippen molar-refractivity contribution < 1.29 is 33.8 Å². The van der Waals surface area contributed by atoms with Gasteiger partial charge in [-0.25, -0.2) is 4.79 Å². The molecule has 33 heavy (non-hydrogen) atoms. The van der Waals surface area contributed by atoms with Gasteiger partial charge in [0.15, 0.2) is 0 Å². The molecule has 2 saturated heterocycles. The molecule has 10 nitrogen and oxygen atoms in total. The summed E-state index contributed by atoms with van der Waals surface area (Å²) in [5, 5.41) is 15.0. The first-order chi connectivity index (χ1) is 15.9. The lowest BCUT2D eigenvalue weighted by Gasteiger charge is -2.34. The molecule has 5 unspecified atom stereocenters. The average Bonchev–Trinajstić information content (AvgIpc) is 3.35. The molecule has 3 aliphatic heterocycles. The van der Waals surface area contributed by atoms with Gasteiger partial charge in [-0.1, -0.05) is 42.5 Å². The zero-order valence-electron chi connectivity index (χ0n) is 18.0. The molecule has 3 heterocycles. The number of carbonyl (C=O) groups is 4. The van der Waals surface area contributed by atoms with Gasteiger partial charge in [-0.05, 0) is 31.2 Å². The van der Waals surface area contributed by atoms with E-state index in [-0.39, 0.29) is 31.4 Å². The number of aliphatic hydroxyl groups is 1. The molecule has 0 saturated carbocycles. The number of nitrogens with zero attached hydrogens (tertiary/aromatic N) is 1. The second-order valence-corrected chi connectivity index (χ2v) is 8.39. The predicted octanol–water partition coefficient (Wildman–Crippen LogP) is 0.741. The summed E-state index contributed by atoms with van der Waals surface area (Å²) in [5.74, 6) is -1.41. The Hall–Kier alpha value is -3.40. The number of cyclic esters (lactones) is 1. The number of esters is 1. The first-order valence-corrected chi connectivity index (χ1v) is 11.0. The van der Waals surface area contributed by atoms with Crippen molar-refractivity contribution in [1.82, 2.24) is 15.5 Å². The molecule has 3 amide bonds. The summed E-state index contributed by atoms with van der Waals surface area (Å²) in [7, 11) is 0. The van der Waals surface area contributed by atoms with Crippen LogP contribution in [0.3, 0.4) is 0 Å². The zero-order chi connectivity index (χ0) is 23.4. The Labute approximate surface area is 190 Å². The smallest absolute Gasteiger partial charge is 0.408 e. The van der Waals surface area contributed by atoms with Gasteiger partial charge in [-0.3, -0.25) is 14.4 Å². The van der Waals surface area contributed by atoms with Crippen LogP contribution in [0.25, 0.3) is 0 Å². The molecular weight excluding hydrogens is 430 g/mol. The Morgan fingerprint density at radius 2 is 1.85 bits per heavy atom. The number of fused-ring (bicyclic) bond motifs is 1. The normalized spacial score (nSPS) is 29.0. The third-order valence-electron chi connectivity index (χ3n) is 6.12. The largest absolute Gasteiger partial charge is 0.445 e. The molecule has 2 fully saturated rings. The number of rotatable bonds is 5. The lowest BCUT2D eigenvalue weighted by atomic mass is 10.0. The number of hydrogen-bond donors (Lipinski definition) is 3. The molecule has 0 aliphatic carbocycles. The summed E-state index contributed by atoms with van der Waals surface area (Å²) >= 11 is 0. The van der Waals surface area contributed by atoms with Gasteiger partial charge in [0, 0.05) is 6.04 Å². The second-order valence-electron chi connectivity index (χ2n) is 8.39. The van der Waals surface area contributed by atoms with E-state index in [0.717, 1.165) is 5.56 Å². The van der Waals surface area contributed by atoms with Crippen molar-refractivity contribution >= 4 is 23.9 Å². The Kier molecular flexibility index (Phi) is 6.93. The fourth-order valence-corrected chi connectivity index (χ4v) is 4.45. The van der Waals surface area contributed by atoms with Gasteiger partial charge in [0.1, 0.15) is 24.7 Å². The Balaban J connectivity index is 1.40. The van der Waals surface area contributed by atoms with Crippen molar-refractivity contribution in [2.24, 2.45) is 0 Å². The van der Waals surface area contributed by atoms with E-state index in [1.807, 2.05) is 42.5 Å². The molecule has 10 heteroatoms. The van der Waals surface area contributed by atoms with Crippen LogP contribution >= 0.6 is 0 Å². The van der Waals surface area contributed by atoms with Crippen LogP contribution in [-0.4, -0.2) is 64.3 Å². The van der Waals surface area contributed by atoms with Crippen molar-refractivity contribution in [2.45, 2.75) is 69.2 Å². The van der Waals surface area contributed by atoms with Crippen LogP contribution in [0.2, 0.25) is 0 Å². The van der Waals surface area contributed by atoms with Crippen LogP contribution in [0, 0.1) is 0 Å². The molecule has 4 rings (SSSR count). The number of amides is 3. The summed E-state index contributed by atoms with van der Waals surface area (Å²) in [4.78, 5) is 51.5. The standard InChI is InChI=1S/C23H27N3O7/c27-19-12-17(22(30)33-19)24-20(28)18-11-10-15-8-4-5-9-16(21(29)26(15)18)25-23(31)32-13-14-6-2-1-3-7-14/h1-7,15-18,22,30H,8-13H2,(H,24,28)(H,25,31). The molecule has 0 aromatic heterocycles. The van der Waals surface area contributed by atoms with Gasteiger partial charge in [0.2, 0.25) is 18.1 Å². The maximum absolute atomic E-state index is 13.4. The minimum absolute atomic E-state index is 0.0747. The van der Waals surface area contributed by atoms with Gasteiger partial charge < -0.3 is 30.1 Å². The molecule has 1 aromatic rings. The lowest BCUT2D eigenvalue weighted by molar-refractivity contribution is -0.155. The van der Waals surface area contributed by atoms with E-state index in [1.165, 1.54) is 4.90 Å². The summed E-state index contributed by atoms with van der Waals surface area (Å²) in [5.41, 5.74) is 0.824. The summed E-state index contributed by atoms with van der Waals surface area (Å²) in [6.45, 7) is 0.0747. The topological polar surface area (TPSA) is 134 Å². The van der Waals surface area contributed by atoms with Crippen molar-refractivity contribution in [2.75, 3.05) is 0 Å². The zero-order valence-corrected chi connectivity index (χ0v) is 18.0. The van der Waals surface area contributed by atoms with E-state index in [1.54, 1.807) is 0 Å². The van der Waals surface area contributed by atoms with Gasteiger partial charge >= 0.3 is 12.1 Å². The molecule has 0 spiro atoms. The average molecular weight is 457 g/mol. The van der Waals surface area contributed by atoms with Crippen molar-refractivity contribution in [3.05, 3.63) is 48.0 Å². The highest BCUT2D eigenvalue weighted by Crippen LogP contribution is 2.30. The molecule has 0 bridgehead atoms. The van der Waals surface area contributed by atoms with E-state index >= 15 is 0 Å². The molecule has 3 aliphatic rings. The number of nitrogens with one attached hydrogen (secondary N) is 2. The molecule has 176 valence electrons. The van der Waals surface area contributed by atoms with Crippen LogP contribution in [0.4, 0.5) is 4.79 Å². The second kappa shape index (κ2) is 10.0. The van der Waals surface area contributed by atoms with Crippen LogP contribution in [0.15, 0.2) is 42.5 Å². The van der Waals surface area contributed by atoms with Crippen LogP contribution in [0.1, 0.15) is 37.7 Å². The van der Waals surface area contributed by atoms with Gasteiger partial charge in [-0.2, -0.15) is 0 Å². The molecular formula is C23H27N3O7. The number of benzene rings is 1. The van der Waals surface area contributed by atoms with Crippen LogP contribution in [-0.2, 0) is 30.5 Å². The van der Waals surface area contributed by atoms with Crippen molar-refractivity contribution in [3.8, 4) is 0 Å². The number of carbonyl (C=O) groups excluding carboxylic acids is 4. The fraction of sp³-hybridized carbons (Fsp3) is 0.478. The van der Waals surface area contributed by atoms with E-state index < -0.39 is 42.4 Å². The minimum Gasteiger partial charge on any atom is -0.445 e. The fourth-order valence-electron chi connectivity index (χ4n) is 4.45. The highest BCUT2D eigenvalue weighted by molar-refractivity contribution is 5.92. The third kappa shape index (κ3) is 5.33. The SMILES string of the molecule is O=C1CC(NC(=O)C2CCC3CC=CCC(NC(=O)OCc4ccccc4)C(=O)N32)C(O)O1. The van der Waals surface area contributed by atoms with E-state index in [9.17, 15) is 24.3 Å². The van der Waals surface area contributed by atoms with Gasteiger partial charge in [-0.15, -0.1) is 0 Å². The quantitative estimate of drug-likeness (QED) is 0.439. The highest BCUT2D eigenvalue weighted by Gasteiger charge is 2.45. The maximum atomic E-state index is 13.4. The van der Waals surface area contributed by atoms with Gasteiger partial charge in [0.05, 0.1) is 6.42 Å². The summed E-state index contributed by atoms with van der Waals surface area (Å²) in [6, 6.07) is 6.53. The lowest BCUT2D eigenvalue weighted by Crippen LogP contribution is -2.57. The van der Waals surface area contributed by atoms with Crippen molar-refractivity contribution in [1.29, 1.82) is 0 Å². The number of ether oxygens (including phenoxy) is 2. The highest BCUT2D eigenvalue weighted by atomic mass is 16.6. The summed E-state index contributed by atoms with van der Waals surface area (Å²) < 4.78 is 9.92. The molecule has 3 N–H and O–H groups in total. The van der Waals surface area contributed by atoms with Crippen LogP contribution < -0.4 is 10.6 Å². The number of hydrogen-bond acceptors (Lipinski definition) is 7. The Bertz CT molecular complexity index is 935. The first kappa shape index (κ1) is 22.8. The monoisotopic (exact) mass is 457 g/mol. The van der Waals surface area contributed by atoms with E-state index in [4.69, 9.17) is 4.74 Å². The Morgan fingerprint density at radius 1 is 1.09 bits per heavy atom. The van der Waals surface area contributed by atoms with E-state index in [2.05, 4.69) is 15.4 Å². The molecule has 5 atom stereocenters.